The normalized spacial score (nSPS) is 10.6. The largest absolute Gasteiger partial charge is 0.481 e. The molecule has 0 saturated heterocycles. The van der Waals surface area contributed by atoms with Crippen LogP contribution < -0.4 is 0 Å². The molecule has 0 saturated carbocycles. The van der Waals surface area contributed by atoms with Gasteiger partial charge in [-0.05, 0) is 17.7 Å². The van der Waals surface area contributed by atoms with Gasteiger partial charge in [-0.25, -0.2) is 0 Å². The minimum atomic E-state index is -0.840. The Morgan fingerprint density at radius 1 is 1.43 bits per heavy atom. The smallest absolute Gasteiger partial charge is 0.307 e. The van der Waals surface area contributed by atoms with Crippen LogP contribution in [0.5, 0.6) is 0 Å². The number of benzene rings is 1. The molecule has 0 aliphatic rings. The van der Waals surface area contributed by atoms with Crippen LogP contribution in [0.15, 0.2) is 18.2 Å². The van der Waals surface area contributed by atoms with E-state index in [1.165, 1.54) is 4.80 Å². The summed E-state index contributed by atoms with van der Waals surface area (Å²) in [5, 5.41) is 16.8. The maximum Gasteiger partial charge on any atom is 0.307 e. The Morgan fingerprint density at radius 2 is 2.14 bits per heavy atom. The number of carboxylic acid groups (broad SMARTS) is 1. The first-order valence-corrected chi connectivity index (χ1v) is 4.17. The zero-order valence-corrected chi connectivity index (χ0v) is 7.64. The topological polar surface area (TPSA) is 68.0 Å². The van der Waals surface area contributed by atoms with Gasteiger partial charge in [-0.15, -0.1) is 0 Å². The number of carbonyl (C=O) groups is 1. The minimum Gasteiger partial charge on any atom is -0.481 e. The Kier molecular flexibility index (Phi) is 1.92. The van der Waals surface area contributed by atoms with Crippen molar-refractivity contribution in [1.82, 2.24) is 15.0 Å². The van der Waals surface area contributed by atoms with E-state index in [2.05, 4.69) is 10.2 Å². The Labute approximate surface area is 80.0 Å². The summed E-state index contributed by atoms with van der Waals surface area (Å²) in [6, 6.07) is 5.28. The van der Waals surface area contributed by atoms with E-state index >= 15 is 0 Å². The maximum atomic E-state index is 10.5. The summed E-state index contributed by atoms with van der Waals surface area (Å²) in [4.78, 5) is 11.9. The van der Waals surface area contributed by atoms with Crippen LogP contribution in [0, 0.1) is 0 Å². The molecule has 2 rings (SSSR count). The Hall–Kier alpha value is -1.91. The highest BCUT2D eigenvalue weighted by Crippen LogP contribution is 2.11. The molecule has 14 heavy (non-hydrogen) atoms. The fourth-order valence-corrected chi connectivity index (χ4v) is 1.35. The molecule has 1 N–H and O–H groups in total. The molecule has 0 atom stereocenters. The highest BCUT2D eigenvalue weighted by molar-refractivity contribution is 5.77. The van der Waals surface area contributed by atoms with Gasteiger partial charge in [-0.3, -0.25) is 4.79 Å². The van der Waals surface area contributed by atoms with Gasteiger partial charge in [-0.2, -0.15) is 15.0 Å². The molecule has 2 aromatic rings. The molecule has 0 radical (unpaired) electrons. The Balaban J connectivity index is 2.45. The number of aryl methyl sites for hydroxylation is 1. The van der Waals surface area contributed by atoms with Crippen molar-refractivity contribution < 1.29 is 9.90 Å². The summed E-state index contributed by atoms with van der Waals surface area (Å²) in [5.74, 6) is -0.840. The molecule has 72 valence electrons. The summed E-state index contributed by atoms with van der Waals surface area (Å²) in [6.45, 7) is 0. The van der Waals surface area contributed by atoms with Gasteiger partial charge in [0.1, 0.15) is 11.0 Å². The highest BCUT2D eigenvalue weighted by atomic mass is 16.4. The highest BCUT2D eigenvalue weighted by Gasteiger charge is 2.04. The standard InChI is InChI=1S/C9H9N3O2/c1-12-10-7-3-2-6(5-9(13)14)4-8(7)11-12/h2-4H,5H2,1H3,(H,13,14). The lowest BCUT2D eigenvalue weighted by Crippen LogP contribution is -1.99. The number of carboxylic acids is 1. The van der Waals surface area contributed by atoms with Crippen molar-refractivity contribution in [2.45, 2.75) is 6.42 Å². The molecule has 5 heteroatoms. The summed E-state index contributed by atoms with van der Waals surface area (Å²) in [6.07, 6.45) is 0.0204. The zero-order valence-electron chi connectivity index (χ0n) is 7.64. The van der Waals surface area contributed by atoms with Crippen molar-refractivity contribution in [1.29, 1.82) is 0 Å². The lowest BCUT2D eigenvalue weighted by molar-refractivity contribution is -0.136. The SMILES string of the molecule is Cn1nc2ccc(CC(=O)O)cc2n1. The van der Waals surface area contributed by atoms with Crippen LogP contribution in [0.4, 0.5) is 0 Å². The Bertz CT molecular complexity index is 490. The van der Waals surface area contributed by atoms with Crippen LogP contribution in [-0.4, -0.2) is 26.1 Å². The molecule has 0 unspecified atom stereocenters. The third-order valence-corrected chi connectivity index (χ3v) is 1.90. The van der Waals surface area contributed by atoms with Gasteiger partial charge in [0.05, 0.1) is 6.42 Å². The first-order valence-electron chi connectivity index (χ1n) is 4.17. The number of aromatic nitrogens is 3. The van der Waals surface area contributed by atoms with E-state index in [1.807, 2.05) is 0 Å². The third kappa shape index (κ3) is 1.56. The monoisotopic (exact) mass is 191 g/mol. The van der Waals surface area contributed by atoms with E-state index in [0.717, 1.165) is 16.6 Å². The lowest BCUT2D eigenvalue weighted by atomic mass is 10.1. The summed E-state index contributed by atoms with van der Waals surface area (Å²) < 4.78 is 0. The second-order valence-electron chi connectivity index (χ2n) is 3.08. The summed E-state index contributed by atoms with van der Waals surface area (Å²) >= 11 is 0. The molecular weight excluding hydrogens is 182 g/mol. The van der Waals surface area contributed by atoms with Gasteiger partial charge >= 0.3 is 5.97 Å². The van der Waals surface area contributed by atoms with Crippen molar-refractivity contribution in [3.63, 3.8) is 0 Å². The third-order valence-electron chi connectivity index (χ3n) is 1.90. The van der Waals surface area contributed by atoms with Gasteiger partial charge in [0.15, 0.2) is 0 Å². The van der Waals surface area contributed by atoms with Crippen LogP contribution in [0.1, 0.15) is 5.56 Å². The molecule has 0 amide bonds. The second-order valence-corrected chi connectivity index (χ2v) is 3.08. The van der Waals surface area contributed by atoms with Crippen LogP contribution in [0.25, 0.3) is 11.0 Å². The molecule has 0 aliphatic carbocycles. The maximum absolute atomic E-state index is 10.5. The van der Waals surface area contributed by atoms with E-state index in [0.29, 0.717) is 0 Å². The molecule has 1 aromatic carbocycles. The first kappa shape index (κ1) is 8.68. The average Bonchev–Trinajstić information content (AvgIpc) is 2.42. The van der Waals surface area contributed by atoms with Gasteiger partial charge in [0.2, 0.25) is 0 Å². The first-order chi connectivity index (χ1) is 6.65. The zero-order chi connectivity index (χ0) is 10.1. The van der Waals surface area contributed by atoms with Crippen molar-refractivity contribution in [3.8, 4) is 0 Å². The van der Waals surface area contributed by atoms with E-state index in [4.69, 9.17) is 5.11 Å². The lowest BCUT2D eigenvalue weighted by Gasteiger charge is -1.94. The number of hydrogen-bond acceptors (Lipinski definition) is 3. The quantitative estimate of drug-likeness (QED) is 0.754. The summed E-state index contributed by atoms with van der Waals surface area (Å²) in [5.41, 5.74) is 2.25. The molecular formula is C9H9N3O2. The van der Waals surface area contributed by atoms with Crippen molar-refractivity contribution >= 4 is 17.0 Å². The molecule has 1 aromatic heterocycles. The number of rotatable bonds is 2. The second kappa shape index (κ2) is 3.10. The van der Waals surface area contributed by atoms with E-state index in [9.17, 15) is 4.79 Å². The summed E-state index contributed by atoms with van der Waals surface area (Å²) in [7, 11) is 1.73. The minimum absolute atomic E-state index is 0.0204. The predicted molar refractivity (Wildman–Crippen MR) is 49.8 cm³/mol. The van der Waals surface area contributed by atoms with Gasteiger partial charge in [0, 0.05) is 7.05 Å². The van der Waals surface area contributed by atoms with Crippen LogP contribution in [0.2, 0.25) is 0 Å². The van der Waals surface area contributed by atoms with Crippen LogP contribution in [-0.2, 0) is 18.3 Å². The average molecular weight is 191 g/mol. The van der Waals surface area contributed by atoms with E-state index in [1.54, 1.807) is 25.2 Å². The van der Waals surface area contributed by atoms with E-state index < -0.39 is 5.97 Å². The number of nitrogens with zero attached hydrogens (tertiary/aromatic N) is 3. The van der Waals surface area contributed by atoms with Crippen LogP contribution in [0.3, 0.4) is 0 Å². The van der Waals surface area contributed by atoms with Crippen molar-refractivity contribution in [2.75, 3.05) is 0 Å². The van der Waals surface area contributed by atoms with Crippen molar-refractivity contribution in [3.05, 3.63) is 23.8 Å². The molecule has 5 nitrogen and oxygen atoms in total. The van der Waals surface area contributed by atoms with Gasteiger partial charge < -0.3 is 5.11 Å². The fraction of sp³-hybridized carbons (Fsp3) is 0.222. The fourth-order valence-electron chi connectivity index (χ4n) is 1.35. The molecule has 0 aliphatic heterocycles. The van der Waals surface area contributed by atoms with Gasteiger partial charge in [0.25, 0.3) is 0 Å². The van der Waals surface area contributed by atoms with Crippen molar-refractivity contribution in [2.24, 2.45) is 7.05 Å². The number of aliphatic carboxylic acids is 1. The van der Waals surface area contributed by atoms with E-state index in [-0.39, 0.29) is 6.42 Å². The molecule has 0 bridgehead atoms. The molecule has 1 heterocycles. The van der Waals surface area contributed by atoms with Crippen LogP contribution >= 0.6 is 0 Å². The number of hydrogen-bond donors (Lipinski definition) is 1. The molecule has 0 spiro atoms. The number of fused-ring (bicyclic) bond motifs is 1. The Morgan fingerprint density at radius 3 is 2.86 bits per heavy atom. The van der Waals surface area contributed by atoms with Gasteiger partial charge in [-0.1, -0.05) is 6.07 Å². The predicted octanol–water partition coefficient (Wildman–Crippen LogP) is 0.595. The molecule has 0 fully saturated rings.